The van der Waals surface area contributed by atoms with Crippen molar-refractivity contribution in [1.29, 1.82) is 0 Å². The Morgan fingerprint density at radius 1 is 0.931 bits per heavy atom. The van der Waals surface area contributed by atoms with E-state index < -0.39 is 9.84 Å². The summed E-state index contributed by atoms with van der Waals surface area (Å²) in [6, 6.07) is 19.1. The maximum atomic E-state index is 11.8. The van der Waals surface area contributed by atoms with Gasteiger partial charge in [-0.2, -0.15) is 0 Å². The normalized spacial score (nSPS) is 11.7. The molecule has 0 aliphatic heterocycles. The minimum absolute atomic E-state index is 0.304. The minimum atomic E-state index is -3.23. The highest BCUT2D eigenvalue weighted by Gasteiger charge is 2.13. The lowest BCUT2D eigenvalue weighted by Crippen LogP contribution is -2.00. The zero-order chi connectivity index (χ0) is 20.8. The Bertz CT molecular complexity index is 1320. The number of methoxy groups -OCH3 is 1. The largest absolute Gasteiger partial charge is 0.497 e. The third-order valence-corrected chi connectivity index (χ3v) is 6.22. The molecular formula is C23H22N2O3S. The molecule has 0 radical (unpaired) electrons. The zero-order valence-electron chi connectivity index (χ0n) is 16.8. The van der Waals surface area contributed by atoms with Gasteiger partial charge in [-0.1, -0.05) is 12.1 Å². The molecule has 0 bridgehead atoms. The van der Waals surface area contributed by atoms with E-state index in [1.54, 1.807) is 19.2 Å². The van der Waals surface area contributed by atoms with Crippen LogP contribution in [0.25, 0.3) is 27.8 Å². The maximum absolute atomic E-state index is 11.8. The molecule has 0 N–H and O–H groups in total. The van der Waals surface area contributed by atoms with Crippen molar-refractivity contribution in [3.05, 3.63) is 72.1 Å². The second kappa shape index (κ2) is 7.04. The maximum Gasteiger partial charge on any atom is 0.175 e. The van der Waals surface area contributed by atoms with Gasteiger partial charge in [0.05, 0.1) is 23.0 Å². The van der Waals surface area contributed by atoms with Gasteiger partial charge in [0.1, 0.15) is 11.6 Å². The molecular weight excluding hydrogens is 384 g/mol. The molecule has 0 saturated heterocycles. The molecule has 0 atom stereocenters. The number of hydrogen-bond acceptors (Lipinski definition) is 4. The predicted molar refractivity (Wildman–Crippen MR) is 116 cm³/mol. The van der Waals surface area contributed by atoms with Crippen molar-refractivity contribution in [3.63, 3.8) is 0 Å². The topological polar surface area (TPSA) is 61.2 Å². The van der Waals surface area contributed by atoms with E-state index in [9.17, 15) is 8.42 Å². The third kappa shape index (κ3) is 3.51. The fourth-order valence-electron chi connectivity index (χ4n) is 3.62. The van der Waals surface area contributed by atoms with Crippen molar-refractivity contribution >= 4 is 20.9 Å². The number of imidazole rings is 1. The molecule has 0 spiro atoms. The second-order valence-electron chi connectivity index (χ2n) is 7.14. The molecule has 0 unspecified atom stereocenters. The van der Waals surface area contributed by atoms with Gasteiger partial charge in [0, 0.05) is 11.9 Å². The molecule has 148 valence electrons. The lowest BCUT2D eigenvalue weighted by molar-refractivity contribution is 0.414. The Morgan fingerprint density at radius 2 is 1.66 bits per heavy atom. The number of ether oxygens (including phenoxy) is 1. The van der Waals surface area contributed by atoms with Gasteiger partial charge in [0.15, 0.2) is 9.84 Å². The highest BCUT2D eigenvalue weighted by molar-refractivity contribution is 7.90. The monoisotopic (exact) mass is 406 g/mol. The van der Waals surface area contributed by atoms with Crippen LogP contribution < -0.4 is 4.74 Å². The van der Waals surface area contributed by atoms with E-state index in [1.807, 2.05) is 41.8 Å². The summed E-state index contributed by atoms with van der Waals surface area (Å²) in [7, 11) is -1.57. The van der Waals surface area contributed by atoms with Crippen molar-refractivity contribution in [2.45, 2.75) is 18.7 Å². The van der Waals surface area contributed by atoms with Gasteiger partial charge in [0.2, 0.25) is 0 Å². The average Bonchev–Trinajstić information content (AvgIpc) is 3.02. The van der Waals surface area contributed by atoms with Crippen LogP contribution in [0, 0.1) is 13.8 Å². The number of nitrogens with zero attached hydrogens (tertiary/aromatic N) is 2. The molecule has 4 rings (SSSR count). The van der Waals surface area contributed by atoms with Gasteiger partial charge >= 0.3 is 0 Å². The molecule has 0 amide bonds. The van der Waals surface area contributed by atoms with Crippen LogP contribution in [0.4, 0.5) is 0 Å². The van der Waals surface area contributed by atoms with Crippen LogP contribution in [0.3, 0.4) is 0 Å². The van der Waals surface area contributed by atoms with Gasteiger partial charge < -0.3 is 4.74 Å². The van der Waals surface area contributed by atoms with E-state index in [0.717, 1.165) is 45.0 Å². The van der Waals surface area contributed by atoms with E-state index in [1.165, 1.54) is 6.26 Å². The van der Waals surface area contributed by atoms with Crippen LogP contribution in [0.5, 0.6) is 5.75 Å². The molecule has 0 saturated carbocycles. The first-order valence-corrected chi connectivity index (χ1v) is 11.1. The molecule has 0 aliphatic carbocycles. The van der Waals surface area contributed by atoms with Gasteiger partial charge in [0.25, 0.3) is 0 Å². The van der Waals surface area contributed by atoms with Gasteiger partial charge in [-0.3, -0.25) is 4.57 Å². The summed E-state index contributed by atoms with van der Waals surface area (Å²) in [4.78, 5) is 4.97. The lowest BCUT2D eigenvalue weighted by Gasteiger charge is -2.11. The summed E-state index contributed by atoms with van der Waals surface area (Å²) in [5.41, 5.74) is 6.09. The number of aryl methyl sites for hydroxylation is 2. The number of hydrogen-bond donors (Lipinski definition) is 0. The molecule has 0 fully saturated rings. The fourth-order valence-corrected chi connectivity index (χ4v) is 4.25. The minimum Gasteiger partial charge on any atom is -0.497 e. The number of aromatic nitrogens is 2. The van der Waals surface area contributed by atoms with Crippen LogP contribution in [-0.4, -0.2) is 31.3 Å². The second-order valence-corrected chi connectivity index (χ2v) is 9.16. The van der Waals surface area contributed by atoms with Gasteiger partial charge in [-0.05, 0) is 79.1 Å². The number of sulfone groups is 1. The van der Waals surface area contributed by atoms with E-state index in [0.29, 0.717) is 4.90 Å². The number of fused-ring (bicyclic) bond motifs is 1. The van der Waals surface area contributed by atoms with Crippen molar-refractivity contribution < 1.29 is 13.2 Å². The van der Waals surface area contributed by atoms with Gasteiger partial charge in [-0.15, -0.1) is 0 Å². The highest BCUT2D eigenvalue weighted by atomic mass is 32.2. The zero-order valence-corrected chi connectivity index (χ0v) is 17.6. The van der Waals surface area contributed by atoms with Crippen LogP contribution >= 0.6 is 0 Å². The van der Waals surface area contributed by atoms with E-state index >= 15 is 0 Å². The molecule has 5 nitrogen and oxygen atoms in total. The van der Waals surface area contributed by atoms with Crippen LogP contribution in [0.1, 0.15) is 11.4 Å². The first kappa shape index (κ1) is 19.2. The van der Waals surface area contributed by atoms with E-state index in [2.05, 4.69) is 30.1 Å². The summed E-state index contributed by atoms with van der Waals surface area (Å²) in [5.74, 6) is 1.68. The molecule has 1 heterocycles. The number of rotatable bonds is 4. The predicted octanol–water partition coefficient (Wildman–Crippen LogP) is 4.72. The third-order valence-electron chi connectivity index (χ3n) is 5.09. The van der Waals surface area contributed by atoms with E-state index in [4.69, 9.17) is 4.74 Å². The average molecular weight is 407 g/mol. The Morgan fingerprint density at radius 3 is 2.28 bits per heavy atom. The molecule has 1 aromatic heterocycles. The SMILES string of the molecule is COc1ccc(-c2ccc3nc(C)n(-c4ccc(S(C)(=O)=O)cc4)c3c2)c(C)c1. The van der Waals surface area contributed by atoms with Crippen LogP contribution in [0.15, 0.2) is 65.6 Å². The summed E-state index contributed by atoms with van der Waals surface area (Å²) in [6.07, 6.45) is 1.21. The molecule has 4 aromatic rings. The van der Waals surface area contributed by atoms with Gasteiger partial charge in [-0.25, -0.2) is 13.4 Å². The Hall–Kier alpha value is -3.12. The molecule has 29 heavy (non-hydrogen) atoms. The smallest absolute Gasteiger partial charge is 0.175 e. The Kier molecular flexibility index (Phi) is 4.67. The highest BCUT2D eigenvalue weighted by Crippen LogP contribution is 2.31. The first-order chi connectivity index (χ1) is 13.8. The fraction of sp³-hybridized carbons (Fsp3) is 0.174. The summed E-state index contributed by atoms with van der Waals surface area (Å²) < 4.78 is 30.9. The van der Waals surface area contributed by atoms with Crippen molar-refractivity contribution in [3.8, 4) is 22.6 Å². The molecule has 3 aromatic carbocycles. The van der Waals surface area contributed by atoms with E-state index in [-0.39, 0.29) is 0 Å². The van der Waals surface area contributed by atoms with Crippen molar-refractivity contribution in [2.75, 3.05) is 13.4 Å². The summed E-state index contributed by atoms with van der Waals surface area (Å²) in [5, 5.41) is 0. The lowest BCUT2D eigenvalue weighted by atomic mass is 10.00. The van der Waals surface area contributed by atoms with Crippen LogP contribution in [0.2, 0.25) is 0 Å². The van der Waals surface area contributed by atoms with Crippen LogP contribution in [-0.2, 0) is 9.84 Å². The van der Waals surface area contributed by atoms with Crippen molar-refractivity contribution in [2.24, 2.45) is 0 Å². The summed E-state index contributed by atoms with van der Waals surface area (Å²) in [6.45, 7) is 4.01. The Balaban J connectivity index is 1.86. The summed E-state index contributed by atoms with van der Waals surface area (Å²) >= 11 is 0. The van der Waals surface area contributed by atoms with Crippen molar-refractivity contribution in [1.82, 2.24) is 9.55 Å². The first-order valence-electron chi connectivity index (χ1n) is 9.22. The quantitative estimate of drug-likeness (QED) is 0.492. The number of benzene rings is 3. The standard InChI is InChI=1S/C23H22N2O3S/c1-15-13-19(28-3)8-11-21(15)17-5-12-22-23(14-17)25(16(2)24-22)18-6-9-20(10-7-18)29(4,26)27/h5-14H,1-4H3. The Labute approximate surface area is 170 Å². The molecule has 6 heteroatoms. The molecule has 0 aliphatic rings.